The van der Waals surface area contributed by atoms with Gasteiger partial charge in [-0.15, -0.1) is 0 Å². The average molecular weight is 277 g/mol. The summed E-state index contributed by atoms with van der Waals surface area (Å²) in [5, 5.41) is 8.52. The molecule has 0 spiro atoms. The second-order valence-electron chi connectivity index (χ2n) is 3.25. The van der Waals surface area contributed by atoms with Crippen LogP contribution in [0.2, 0.25) is 0 Å². The summed E-state index contributed by atoms with van der Waals surface area (Å²) in [5.74, 6) is -1.88. The smallest absolute Gasteiger partial charge is 0.340 e. The first-order chi connectivity index (χ1) is 8.42. The van der Waals surface area contributed by atoms with Crippen molar-refractivity contribution < 1.29 is 27.4 Å². The topological polar surface area (TPSA) is 92.7 Å². The monoisotopic (exact) mass is 277 g/mol. The molecule has 1 aromatic carbocycles. The minimum atomic E-state index is -3.90. The maximum Gasteiger partial charge on any atom is 0.340 e. The lowest BCUT2D eigenvalue weighted by molar-refractivity contribution is 0.0595. The number of nitrogens with one attached hydrogen (secondary N) is 1. The van der Waals surface area contributed by atoms with Gasteiger partial charge in [-0.05, 0) is 18.2 Å². The Bertz CT molecular complexity index is 543. The van der Waals surface area contributed by atoms with E-state index in [1.54, 1.807) is 0 Å². The van der Waals surface area contributed by atoms with E-state index in [1.807, 2.05) is 0 Å². The van der Waals surface area contributed by atoms with Crippen molar-refractivity contribution in [3.05, 3.63) is 29.6 Å². The summed E-state index contributed by atoms with van der Waals surface area (Å²) in [7, 11) is -2.80. The predicted molar refractivity (Wildman–Crippen MR) is 60.0 cm³/mol. The molecule has 2 N–H and O–H groups in total. The highest BCUT2D eigenvalue weighted by atomic mass is 32.2. The van der Waals surface area contributed by atoms with E-state index in [-0.39, 0.29) is 23.6 Å². The lowest BCUT2D eigenvalue weighted by Crippen LogP contribution is -2.26. The molecule has 18 heavy (non-hydrogen) atoms. The number of hydrogen-bond acceptors (Lipinski definition) is 5. The zero-order valence-electron chi connectivity index (χ0n) is 9.51. The summed E-state index contributed by atoms with van der Waals surface area (Å²) >= 11 is 0. The van der Waals surface area contributed by atoms with Crippen LogP contribution in [0.4, 0.5) is 4.39 Å². The Morgan fingerprint density at radius 3 is 2.67 bits per heavy atom. The average Bonchev–Trinajstić information content (AvgIpc) is 2.35. The Hall–Kier alpha value is -1.51. The van der Waals surface area contributed by atoms with E-state index in [0.717, 1.165) is 19.2 Å². The SMILES string of the molecule is COC(=O)c1ccc(S(=O)(=O)NCCO)cc1F. The third-order valence-corrected chi connectivity index (χ3v) is 3.52. The molecule has 0 amide bonds. The highest BCUT2D eigenvalue weighted by Crippen LogP contribution is 2.15. The van der Waals surface area contributed by atoms with E-state index in [1.165, 1.54) is 0 Å². The molecule has 0 aliphatic carbocycles. The highest BCUT2D eigenvalue weighted by molar-refractivity contribution is 7.89. The van der Waals surface area contributed by atoms with Crippen LogP contribution < -0.4 is 4.72 Å². The van der Waals surface area contributed by atoms with Crippen LogP contribution in [-0.4, -0.2) is 39.8 Å². The second-order valence-corrected chi connectivity index (χ2v) is 5.02. The number of hydrogen-bond donors (Lipinski definition) is 2. The van der Waals surface area contributed by atoms with Crippen molar-refractivity contribution in [3.8, 4) is 0 Å². The molecule has 100 valence electrons. The summed E-state index contributed by atoms with van der Waals surface area (Å²) in [6.45, 7) is -0.551. The lowest BCUT2D eigenvalue weighted by atomic mass is 10.2. The molecule has 0 bridgehead atoms. The van der Waals surface area contributed by atoms with Crippen LogP contribution in [0.3, 0.4) is 0 Å². The summed E-state index contributed by atoms with van der Waals surface area (Å²) in [6.07, 6.45) is 0. The molecular formula is C10H12FNO5S. The number of esters is 1. The largest absolute Gasteiger partial charge is 0.465 e. The fourth-order valence-corrected chi connectivity index (χ4v) is 2.23. The fourth-order valence-electron chi connectivity index (χ4n) is 1.20. The molecule has 8 heteroatoms. The minimum Gasteiger partial charge on any atom is -0.465 e. The van der Waals surface area contributed by atoms with Crippen LogP contribution >= 0.6 is 0 Å². The van der Waals surface area contributed by atoms with Crippen molar-refractivity contribution in [1.29, 1.82) is 0 Å². The van der Waals surface area contributed by atoms with Gasteiger partial charge < -0.3 is 9.84 Å². The number of benzene rings is 1. The first-order valence-corrected chi connectivity index (χ1v) is 6.39. The van der Waals surface area contributed by atoms with Crippen molar-refractivity contribution in [3.63, 3.8) is 0 Å². The van der Waals surface area contributed by atoms with E-state index in [9.17, 15) is 17.6 Å². The van der Waals surface area contributed by atoms with E-state index in [0.29, 0.717) is 6.07 Å². The standard InChI is InChI=1S/C10H12FNO5S/c1-17-10(14)8-3-2-7(6-9(8)11)18(15,16)12-4-5-13/h2-3,6,12-13H,4-5H2,1H3. The van der Waals surface area contributed by atoms with Gasteiger partial charge >= 0.3 is 5.97 Å². The molecule has 0 saturated carbocycles. The molecule has 0 fully saturated rings. The summed E-state index contributed by atoms with van der Waals surface area (Å²) in [6, 6.07) is 2.82. The molecule has 1 rings (SSSR count). The van der Waals surface area contributed by atoms with Crippen LogP contribution in [0, 0.1) is 5.82 Å². The number of halogens is 1. The molecule has 0 radical (unpaired) electrons. The molecule has 0 unspecified atom stereocenters. The number of aliphatic hydroxyl groups excluding tert-OH is 1. The third-order valence-electron chi connectivity index (χ3n) is 2.06. The molecular weight excluding hydrogens is 265 g/mol. The number of carbonyl (C=O) groups excluding carboxylic acids is 1. The van der Waals surface area contributed by atoms with Gasteiger partial charge in [0.2, 0.25) is 10.0 Å². The fraction of sp³-hybridized carbons (Fsp3) is 0.300. The Balaban J connectivity index is 3.08. The van der Waals surface area contributed by atoms with Gasteiger partial charge in [0.05, 0.1) is 24.2 Å². The first kappa shape index (κ1) is 14.6. The van der Waals surface area contributed by atoms with Gasteiger partial charge in [0.25, 0.3) is 0 Å². The van der Waals surface area contributed by atoms with Crippen molar-refractivity contribution in [2.75, 3.05) is 20.3 Å². The van der Waals surface area contributed by atoms with E-state index in [4.69, 9.17) is 5.11 Å². The molecule has 0 aliphatic rings. The Morgan fingerprint density at radius 2 is 2.17 bits per heavy atom. The predicted octanol–water partition coefficient (Wildman–Crippen LogP) is -0.117. The van der Waals surface area contributed by atoms with Crippen LogP contribution in [-0.2, 0) is 14.8 Å². The van der Waals surface area contributed by atoms with Crippen LogP contribution in [0.1, 0.15) is 10.4 Å². The normalized spacial score (nSPS) is 11.3. The number of carbonyl (C=O) groups is 1. The highest BCUT2D eigenvalue weighted by Gasteiger charge is 2.18. The Labute approximate surface area is 103 Å². The summed E-state index contributed by atoms with van der Waals surface area (Å²) < 4.78 is 43.1. The van der Waals surface area contributed by atoms with Crippen molar-refractivity contribution in [1.82, 2.24) is 4.72 Å². The van der Waals surface area contributed by atoms with Gasteiger partial charge in [-0.2, -0.15) is 0 Å². The molecule has 0 saturated heterocycles. The zero-order valence-corrected chi connectivity index (χ0v) is 10.3. The van der Waals surface area contributed by atoms with Crippen LogP contribution in [0.25, 0.3) is 0 Å². The van der Waals surface area contributed by atoms with E-state index in [2.05, 4.69) is 9.46 Å². The van der Waals surface area contributed by atoms with E-state index < -0.39 is 21.8 Å². The number of methoxy groups -OCH3 is 1. The summed E-state index contributed by atoms with van der Waals surface area (Å²) in [4.78, 5) is 10.8. The minimum absolute atomic E-state index is 0.178. The second kappa shape index (κ2) is 5.89. The molecule has 0 aromatic heterocycles. The number of ether oxygens (including phenoxy) is 1. The van der Waals surface area contributed by atoms with Crippen molar-refractivity contribution in [2.24, 2.45) is 0 Å². The van der Waals surface area contributed by atoms with Gasteiger partial charge in [0.1, 0.15) is 5.82 Å². The third kappa shape index (κ3) is 3.25. The lowest BCUT2D eigenvalue weighted by Gasteiger charge is -2.07. The van der Waals surface area contributed by atoms with Gasteiger partial charge in [-0.25, -0.2) is 22.3 Å². The zero-order chi connectivity index (χ0) is 13.8. The first-order valence-electron chi connectivity index (χ1n) is 4.90. The van der Waals surface area contributed by atoms with Crippen LogP contribution in [0.15, 0.2) is 23.1 Å². The van der Waals surface area contributed by atoms with Crippen LogP contribution in [0.5, 0.6) is 0 Å². The van der Waals surface area contributed by atoms with Gasteiger partial charge in [0, 0.05) is 6.54 Å². The molecule has 1 aromatic rings. The molecule has 0 aliphatic heterocycles. The maximum atomic E-state index is 13.5. The van der Waals surface area contributed by atoms with Gasteiger partial charge in [0.15, 0.2) is 0 Å². The number of rotatable bonds is 5. The number of aliphatic hydroxyl groups is 1. The van der Waals surface area contributed by atoms with Gasteiger partial charge in [-0.3, -0.25) is 0 Å². The molecule has 6 nitrogen and oxygen atoms in total. The van der Waals surface area contributed by atoms with Crippen molar-refractivity contribution >= 4 is 16.0 Å². The maximum absolute atomic E-state index is 13.5. The Kier molecular flexibility index (Phi) is 4.76. The van der Waals surface area contributed by atoms with E-state index >= 15 is 0 Å². The number of sulfonamides is 1. The van der Waals surface area contributed by atoms with Crippen molar-refractivity contribution in [2.45, 2.75) is 4.90 Å². The Morgan fingerprint density at radius 1 is 1.50 bits per heavy atom. The molecule has 0 atom stereocenters. The van der Waals surface area contributed by atoms with Gasteiger partial charge in [-0.1, -0.05) is 0 Å². The summed E-state index contributed by atoms with van der Waals surface area (Å²) in [5.41, 5.74) is -0.349. The molecule has 0 heterocycles. The quantitative estimate of drug-likeness (QED) is 0.732.